The molecule has 0 aliphatic heterocycles. The molecule has 0 spiro atoms. The van der Waals surface area contributed by atoms with E-state index in [-0.39, 0.29) is 5.56 Å². The molecule has 0 bridgehead atoms. The van der Waals surface area contributed by atoms with Crippen molar-refractivity contribution in [2.24, 2.45) is 5.73 Å². The Balaban J connectivity index is 2.87. The van der Waals surface area contributed by atoms with Crippen LogP contribution in [0.3, 0.4) is 0 Å². The fourth-order valence-corrected chi connectivity index (χ4v) is 1.28. The second-order valence-electron chi connectivity index (χ2n) is 3.37. The predicted octanol–water partition coefficient (Wildman–Crippen LogP) is 2.27. The summed E-state index contributed by atoms with van der Waals surface area (Å²) in [5.41, 5.74) is 5.79. The minimum absolute atomic E-state index is 0.276. The van der Waals surface area contributed by atoms with Crippen LogP contribution in [0.4, 0.5) is 13.2 Å². The van der Waals surface area contributed by atoms with Crippen LogP contribution in [-0.4, -0.2) is 12.5 Å². The first-order valence-electron chi connectivity index (χ1n) is 4.27. The van der Waals surface area contributed by atoms with Crippen molar-refractivity contribution in [1.29, 1.82) is 0 Å². The van der Waals surface area contributed by atoms with Gasteiger partial charge in [0, 0.05) is 6.42 Å². The van der Waals surface area contributed by atoms with E-state index in [1.807, 2.05) is 0 Å². The average molecular weight is 203 g/mol. The van der Waals surface area contributed by atoms with E-state index in [1.54, 1.807) is 6.92 Å². The zero-order valence-electron chi connectivity index (χ0n) is 7.86. The van der Waals surface area contributed by atoms with Crippen LogP contribution >= 0.6 is 0 Å². The molecule has 2 N–H and O–H groups in total. The number of nitrogens with two attached hydrogens (primary N) is 1. The van der Waals surface area contributed by atoms with Gasteiger partial charge in [0.25, 0.3) is 5.92 Å². The van der Waals surface area contributed by atoms with E-state index in [4.69, 9.17) is 5.73 Å². The van der Waals surface area contributed by atoms with Crippen LogP contribution in [0.2, 0.25) is 0 Å². The van der Waals surface area contributed by atoms with E-state index in [1.165, 1.54) is 12.1 Å². The lowest BCUT2D eigenvalue weighted by molar-refractivity contribution is 0.0114. The molecule has 0 aliphatic rings. The summed E-state index contributed by atoms with van der Waals surface area (Å²) in [6, 6.07) is 3.94. The summed E-state index contributed by atoms with van der Waals surface area (Å²) in [5, 5.41) is 0. The first-order valence-corrected chi connectivity index (χ1v) is 4.27. The second-order valence-corrected chi connectivity index (χ2v) is 3.37. The normalized spacial score (nSPS) is 11.8. The van der Waals surface area contributed by atoms with Crippen molar-refractivity contribution in [1.82, 2.24) is 0 Å². The van der Waals surface area contributed by atoms with Crippen molar-refractivity contribution in [3.05, 3.63) is 35.1 Å². The number of alkyl halides is 2. The Bertz CT molecular complexity index is 303. The Hall–Kier alpha value is -1.03. The Labute approximate surface area is 80.7 Å². The van der Waals surface area contributed by atoms with Gasteiger partial charge in [0.15, 0.2) is 0 Å². The fraction of sp³-hybridized carbons (Fsp3) is 0.400. The number of rotatable bonds is 3. The highest BCUT2D eigenvalue weighted by Crippen LogP contribution is 2.20. The van der Waals surface area contributed by atoms with Crippen LogP contribution in [0.15, 0.2) is 18.2 Å². The van der Waals surface area contributed by atoms with Gasteiger partial charge in [0.2, 0.25) is 0 Å². The molecule has 4 heteroatoms. The summed E-state index contributed by atoms with van der Waals surface area (Å²) in [7, 11) is 0. The lowest BCUT2D eigenvalue weighted by Gasteiger charge is -2.13. The molecule has 1 nitrogen and oxygen atoms in total. The van der Waals surface area contributed by atoms with E-state index in [2.05, 4.69) is 0 Å². The number of halogens is 3. The van der Waals surface area contributed by atoms with Crippen LogP contribution in [0, 0.1) is 12.7 Å². The summed E-state index contributed by atoms with van der Waals surface area (Å²) in [5.74, 6) is -3.45. The zero-order valence-corrected chi connectivity index (χ0v) is 7.86. The molecule has 0 aliphatic carbocycles. The number of aryl methyl sites for hydroxylation is 1. The monoisotopic (exact) mass is 203 g/mol. The molecule has 0 atom stereocenters. The van der Waals surface area contributed by atoms with Gasteiger partial charge < -0.3 is 5.73 Å². The molecule has 0 radical (unpaired) electrons. The van der Waals surface area contributed by atoms with Crippen molar-refractivity contribution in [3.63, 3.8) is 0 Å². The summed E-state index contributed by atoms with van der Waals surface area (Å²) in [6.07, 6.45) is -0.512. The van der Waals surface area contributed by atoms with Gasteiger partial charge in [-0.05, 0) is 30.2 Å². The topological polar surface area (TPSA) is 26.0 Å². The van der Waals surface area contributed by atoms with Gasteiger partial charge in [-0.3, -0.25) is 0 Å². The third-order valence-electron chi connectivity index (χ3n) is 1.86. The molecule has 78 valence electrons. The van der Waals surface area contributed by atoms with Crippen molar-refractivity contribution >= 4 is 0 Å². The molecule has 0 unspecified atom stereocenters. The van der Waals surface area contributed by atoms with Crippen LogP contribution in [0.1, 0.15) is 11.1 Å². The third kappa shape index (κ3) is 3.03. The molecule has 0 saturated carbocycles. The Kier molecular flexibility index (Phi) is 3.16. The Morgan fingerprint density at radius 2 is 1.93 bits per heavy atom. The smallest absolute Gasteiger partial charge is 0.264 e. The summed E-state index contributed by atoms with van der Waals surface area (Å²) >= 11 is 0. The van der Waals surface area contributed by atoms with Gasteiger partial charge in [-0.15, -0.1) is 0 Å². The SMILES string of the molecule is Cc1cc(F)cc(CC(F)(F)CN)c1. The number of hydrogen-bond donors (Lipinski definition) is 1. The molecule has 0 amide bonds. The van der Waals surface area contributed by atoms with Gasteiger partial charge in [-0.2, -0.15) is 0 Å². The van der Waals surface area contributed by atoms with E-state index in [0.717, 1.165) is 6.07 Å². The van der Waals surface area contributed by atoms with E-state index in [0.29, 0.717) is 5.56 Å². The second kappa shape index (κ2) is 4.00. The van der Waals surface area contributed by atoms with E-state index >= 15 is 0 Å². The van der Waals surface area contributed by atoms with Gasteiger partial charge in [0.1, 0.15) is 5.82 Å². The molecule has 0 heterocycles. The lowest BCUT2D eigenvalue weighted by Crippen LogP contribution is -2.30. The lowest BCUT2D eigenvalue weighted by atomic mass is 10.0. The molecule has 0 saturated heterocycles. The number of benzene rings is 1. The van der Waals surface area contributed by atoms with E-state index < -0.39 is 24.7 Å². The summed E-state index contributed by atoms with van der Waals surface area (Å²) in [4.78, 5) is 0. The Morgan fingerprint density at radius 1 is 1.29 bits per heavy atom. The Morgan fingerprint density at radius 3 is 2.43 bits per heavy atom. The highest BCUT2D eigenvalue weighted by atomic mass is 19.3. The highest BCUT2D eigenvalue weighted by molar-refractivity contribution is 5.24. The standard InChI is InChI=1S/C10H12F3N/c1-7-2-8(4-9(11)3-7)5-10(12,13)6-14/h2-4H,5-6,14H2,1H3. The molecular formula is C10H12F3N. The largest absolute Gasteiger partial charge is 0.325 e. The summed E-state index contributed by atoms with van der Waals surface area (Å²) in [6.45, 7) is 0.940. The average Bonchev–Trinajstić information content (AvgIpc) is 2.01. The van der Waals surface area contributed by atoms with Crippen molar-refractivity contribution in [3.8, 4) is 0 Å². The minimum Gasteiger partial charge on any atom is -0.325 e. The maximum atomic E-state index is 12.9. The van der Waals surface area contributed by atoms with Gasteiger partial charge in [0.05, 0.1) is 6.54 Å². The third-order valence-corrected chi connectivity index (χ3v) is 1.86. The van der Waals surface area contributed by atoms with Gasteiger partial charge >= 0.3 is 0 Å². The van der Waals surface area contributed by atoms with Crippen LogP contribution in [0.25, 0.3) is 0 Å². The molecule has 1 aromatic rings. The van der Waals surface area contributed by atoms with Crippen molar-refractivity contribution in [2.45, 2.75) is 19.3 Å². The van der Waals surface area contributed by atoms with Crippen LogP contribution in [-0.2, 0) is 6.42 Å². The zero-order chi connectivity index (χ0) is 10.8. The number of hydrogen-bond acceptors (Lipinski definition) is 1. The van der Waals surface area contributed by atoms with Crippen molar-refractivity contribution < 1.29 is 13.2 Å². The molecular weight excluding hydrogens is 191 g/mol. The molecule has 0 fully saturated rings. The fourth-order valence-electron chi connectivity index (χ4n) is 1.28. The van der Waals surface area contributed by atoms with Gasteiger partial charge in [-0.25, -0.2) is 13.2 Å². The summed E-state index contributed by atoms with van der Waals surface area (Å²) < 4.78 is 38.5. The van der Waals surface area contributed by atoms with Crippen LogP contribution in [0.5, 0.6) is 0 Å². The first kappa shape index (κ1) is 11.0. The molecule has 14 heavy (non-hydrogen) atoms. The maximum Gasteiger partial charge on any atom is 0.264 e. The quantitative estimate of drug-likeness (QED) is 0.801. The maximum absolute atomic E-state index is 12.9. The minimum atomic E-state index is -2.96. The van der Waals surface area contributed by atoms with E-state index in [9.17, 15) is 13.2 Å². The molecule has 0 aromatic heterocycles. The predicted molar refractivity (Wildman–Crippen MR) is 48.8 cm³/mol. The first-order chi connectivity index (χ1) is 6.43. The van der Waals surface area contributed by atoms with Crippen molar-refractivity contribution in [2.75, 3.05) is 6.54 Å². The van der Waals surface area contributed by atoms with Gasteiger partial charge in [-0.1, -0.05) is 6.07 Å². The molecule has 1 aromatic carbocycles. The van der Waals surface area contributed by atoms with Crippen LogP contribution < -0.4 is 5.73 Å². The highest BCUT2D eigenvalue weighted by Gasteiger charge is 2.27. The molecule has 1 rings (SSSR count).